The molecule has 0 radical (unpaired) electrons. The first kappa shape index (κ1) is 19.4. The molecule has 0 aliphatic carbocycles. The summed E-state index contributed by atoms with van der Waals surface area (Å²) < 4.78 is 0. The number of rotatable bonds is 3. The Morgan fingerprint density at radius 1 is 1.07 bits per heavy atom. The second-order valence-electron chi connectivity index (χ2n) is 7.09. The quantitative estimate of drug-likeness (QED) is 0.652. The molecule has 6 heteroatoms. The fourth-order valence-electron chi connectivity index (χ4n) is 3.70. The summed E-state index contributed by atoms with van der Waals surface area (Å²) in [5.41, 5.74) is 3.00. The van der Waals surface area contributed by atoms with Crippen LogP contribution in [0.5, 0.6) is 0 Å². The molecule has 2 heterocycles. The lowest BCUT2D eigenvalue weighted by Gasteiger charge is -2.22. The van der Waals surface area contributed by atoms with Crippen molar-refractivity contribution < 1.29 is 9.59 Å². The zero-order valence-electron chi connectivity index (χ0n) is 16.3. The summed E-state index contributed by atoms with van der Waals surface area (Å²) in [6.07, 6.45) is 0.354. The third-order valence-electron chi connectivity index (χ3n) is 5.34. The summed E-state index contributed by atoms with van der Waals surface area (Å²) in [7, 11) is 0. The number of nitrogens with zero attached hydrogens (tertiary/aromatic N) is 3. The number of para-hydroxylation sites is 1. The third-order valence-corrected chi connectivity index (χ3v) is 5.60. The number of hydrogen-bond donors (Lipinski definition) is 0. The lowest BCUT2D eigenvalue weighted by atomic mass is 10.0. The van der Waals surface area contributed by atoms with Gasteiger partial charge in [0.2, 0.25) is 5.91 Å². The lowest BCUT2D eigenvalue weighted by molar-refractivity contribution is -0.130. The molecule has 3 aromatic rings. The largest absolute Gasteiger partial charge is 0.341 e. The van der Waals surface area contributed by atoms with Gasteiger partial charge in [-0.2, -0.15) is 0 Å². The van der Waals surface area contributed by atoms with Crippen molar-refractivity contribution in [2.24, 2.45) is 0 Å². The highest BCUT2D eigenvalue weighted by Crippen LogP contribution is 2.27. The number of aromatic nitrogens is 1. The van der Waals surface area contributed by atoms with E-state index in [1.807, 2.05) is 61.5 Å². The average Bonchev–Trinajstić information content (AvgIpc) is 2.94. The summed E-state index contributed by atoms with van der Waals surface area (Å²) in [6.45, 7) is 4.16. The maximum Gasteiger partial charge on any atom is 0.254 e. The van der Waals surface area contributed by atoms with Crippen LogP contribution in [-0.4, -0.2) is 52.8 Å². The number of halogens is 1. The molecule has 0 unspecified atom stereocenters. The van der Waals surface area contributed by atoms with E-state index in [4.69, 9.17) is 16.6 Å². The predicted molar refractivity (Wildman–Crippen MR) is 115 cm³/mol. The molecule has 1 aliphatic heterocycles. The maximum atomic E-state index is 13.5. The van der Waals surface area contributed by atoms with Crippen molar-refractivity contribution in [1.29, 1.82) is 0 Å². The molecule has 4 rings (SSSR count). The van der Waals surface area contributed by atoms with Gasteiger partial charge in [0, 0.05) is 48.6 Å². The van der Waals surface area contributed by atoms with Crippen LogP contribution < -0.4 is 0 Å². The SMILES string of the molecule is CCN1CCN(C(=O)c2cc(-c3ccc(Cl)cc3)nc3ccccc23)CCC1=O. The van der Waals surface area contributed by atoms with Crippen LogP contribution in [0.25, 0.3) is 22.2 Å². The number of carbonyl (C=O) groups is 2. The maximum absolute atomic E-state index is 13.5. The van der Waals surface area contributed by atoms with Crippen molar-refractivity contribution in [3.05, 3.63) is 65.2 Å². The van der Waals surface area contributed by atoms with Gasteiger partial charge in [0.1, 0.15) is 0 Å². The van der Waals surface area contributed by atoms with E-state index in [-0.39, 0.29) is 11.8 Å². The van der Waals surface area contributed by atoms with Gasteiger partial charge in [-0.05, 0) is 31.2 Å². The van der Waals surface area contributed by atoms with Gasteiger partial charge in [-0.15, -0.1) is 0 Å². The Labute approximate surface area is 174 Å². The van der Waals surface area contributed by atoms with Crippen molar-refractivity contribution in [3.63, 3.8) is 0 Å². The van der Waals surface area contributed by atoms with Crippen LogP contribution >= 0.6 is 11.6 Å². The van der Waals surface area contributed by atoms with Gasteiger partial charge in [-0.1, -0.05) is 41.9 Å². The zero-order valence-corrected chi connectivity index (χ0v) is 17.0. The molecule has 0 bridgehead atoms. The highest BCUT2D eigenvalue weighted by Gasteiger charge is 2.25. The van der Waals surface area contributed by atoms with Crippen molar-refractivity contribution in [1.82, 2.24) is 14.8 Å². The molecule has 29 heavy (non-hydrogen) atoms. The minimum atomic E-state index is -0.0652. The first-order valence-electron chi connectivity index (χ1n) is 9.79. The van der Waals surface area contributed by atoms with Crippen molar-refractivity contribution >= 4 is 34.3 Å². The van der Waals surface area contributed by atoms with Gasteiger partial charge < -0.3 is 9.80 Å². The van der Waals surface area contributed by atoms with E-state index in [9.17, 15) is 9.59 Å². The summed E-state index contributed by atoms with van der Waals surface area (Å²) in [5, 5.41) is 1.47. The Hall–Kier alpha value is -2.92. The fourth-order valence-corrected chi connectivity index (χ4v) is 3.82. The van der Waals surface area contributed by atoms with E-state index < -0.39 is 0 Å². The molecular formula is C23H22ClN3O2. The number of carbonyl (C=O) groups excluding carboxylic acids is 2. The molecule has 5 nitrogen and oxygen atoms in total. The van der Waals surface area contributed by atoms with Gasteiger partial charge in [0.15, 0.2) is 0 Å². The van der Waals surface area contributed by atoms with E-state index in [0.29, 0.717) is 43.2 Å². The van der Waals surface area contributed by atoms with Gasteiger partial charge >= 0.3 is 0 Å². The summed E-state index contributed by atoms with van der Waals surface area (Å²) in [4.78, 5) is 34.0. The van der Waals surface area contributed by atoms with E-state index in [2.05, 4.69) is 0 Å². The predicted octanol–water partition coefficient (Wildman–Crippen LogP) is 4.25. The first-order chi connectivity index (χ1) is 14.1. The van der Waals surface area contributed by atoms with Gasteiger partial charge in [-0.3, -0.25) is 9.59 Å². The zero-order chi connectivity index (χ0) is 20.4. The van der Waals surface area contributed by atoms with E-state index in [1.54, 1.807) is 9.80 Å². The summed E-state index contributed by atoms with van der Waals surface area (Å²) >= 11 is 6.02. The number of pyridine rings is 1. The van der Waals surface area contributed by atoms with Gasteiger partial charge in [0.25, 0.3) is 5.91 Å². The second kappa shape index (κ2) is 8.21. The third kappa shape index (κ3) is 3.96. The molecule has 1 fully saturated rings. The van der Waals surface area contributed by atoms with Gasteiger partial charge in [0.05, 0.1) is 16.8 Å². The van der Waals surface area contributed by atoms with E-state index >= 15 is 0 Å². The number of likely N-dealkylation sites (N-methyl/N-ethyl adjacent to an activating group) is 1. The molecule has 1 saturated heterocycles. The molecule has 1 aliphatic rings. The van der Waals surface area contributed by atoms with Crippen LogP contribution in [0.2, 0.25) is 5.02 Å². The Morgan fingerprint density at radius 3 is 2.59 bits per heavy atom. The van der Waals surface area contributed by atoms with Crippen LogP contribution in [-0.2, 0) is 4.79 Å². The van der Waals surface area contributed by atoms with E-state index in [1.165, 1.54) is 0 Å². The van der Waals surface area contributed by atoms with E-state index in [0.717, 1.165) is 22.2 Å². The topological polar surface area (TPSA) is 53.5 Å². The number of fused-ring (bicyclic) bond motifs is 1. The fraction of sp³-hybridized carbons (Fsp3) is 0.261. The van der Waals surface area contributed by atoms with Crippen molar-refractivity contribution in [2.75, 3.05) is 26.2 Å². The highest BCUT2D eigenvalue weighted by atomic mass is 35.5. The van der Waals surface area contributed by atoms with Crippen LogP contribution in [0, 0.1) is 0 Å². The molecule has 1 aromatic heterocycles. The molecule has 0 spiro atoms. The van der Waals surface area contributed by atoms with Gasteiger partial charge in [-0.25, -0.2) is 4.98 Å². The van der Waals surface area contributed by atoms with Crippen molar-refractivity contribution in [2.45, 2.75) is 13.3 Å². The monoisotopic (exact) mass is 407 g/mol. The standard InChI is InChI=1S/C23H22ClN3O2/c1-2-26-13-14-27(12-11-22(26)28)23(29)19-15-21(16-7-9-17(24)10-8-16)25-20-6-4-3-5-18(19)20/h3-10,15H,2,11-14H2,1H3. The summed E-state index contributed by atoms with van der Waals surface area (Å²) in [6, 6.07) is 16.9. The van der Waals surface area contributed by atoms with Crippen LogP contribution in [0.1, 0.15) is 23.7 Å². The Morgan fingerprint density at radius 2 is 1.83 bits per heavy atom. The lowest BCUT2D eigenvalue weighted by Crippen LogP contribution is -2.35. The Bertz CT molecular complexity index is 1070. The van der Waals surface area contributed by atoms with Crippen LogP contribution in [0.4, 0.5) is 0 Å². The minimum absolute atomic E-state index is 0.0652. The normalized spacial score (nSPS) is 14.9. The molecule has 2 amide bonds. The Kier molecular flexibility index (Phi) is 5.49. The van der Waals surface area contributed by atoms with Crippen LogP contribution in [0.3, 0.4) is 0 Å². The number of amides is 2. The van der Waals surface area contributed by atoms with Crippen molar-refractivity contribution in [3.8, 4) is 11.3 Å². The Balaban J connectivity index is 1.75. The number of benzene rings is 2. The molecule has 2 aromatic carbocycles. The summed E-state index contributed by atoms with van der Waals surface area (Å²) in [5.74, 6) is 0.0359. The number of hydrogen-bond acceptors (Lipinski definition) is 3. The smallest absolute Gasteiger partial charge is 0.254 e. The second-order valence-corrected chi connectivity index (χ2v) is 7.53. The highest BCUT2D eigenvalue weighted by molar-refractivity contribution is 6.30. The molecular weight excluding hydrogens is 386 g/mol. The minimum Gasteiger partial charge on any atom is -0.341 e. The average molecular weight is 408 g/mol. The molecule has 0 saturated carbocycles. The molecule has 0 atom stereocenters. The molecule has 148 valence electrons. The van der Waals surface area contributed by atoms with Crippen LogP contribution in [0.15, 0.2) is 54.6 Å². The molecule has 0 N–H and O–H groups in total. The first-order valence-corrected chi connectivity index (χ1v) is 10.2.